The van der Waals surface area contributed by atoms with Gasteiger partial charge in [-0.2, -0.15) is 13.2 Å². The van der Waals surface area contributed by atoms with Gasteiger partial charge in [0.1, 0.15) is 17.3 Å². The Labute approximate surface area is 248 Å². The van der Waals surface area contributed by atoms with Gasteiger partial charge in [-0.1, -0.05) is 6.07 Å². The van der Waals surface area contributed by atoms with Crippen molar-refractivity contribution in [2.24, 2.45) is 0 Å². The average Bonchev–Trinajstić information content (AvgIpc) is 3.48. The van der Waals surface area contributed by atoms with Crippen molar-refractivity contribution >= 4 is 23.7 Å². The van der Waals surface area contributed by atoms with Crippen LogP contribution in [0.5, 0.6) is 0 Å². The number of halogens is 5. The lowest BCUT2D eigenvalue weighted by Crippen LogP contribution is -2.42. The fraction of sp³-hybridized carbons (Fsp3) is 0.226. The van der Waals surface area contributed by atoms with Gasteiger partial charge in [-0.25, -0.2) is 13.8 Å². The van der Waals surface area contributed by atoms with E-state index in [1.54, 1.807) is 12.1 Å². The summed E-state index contributed by atoms with van der Waals surface area (Å²) in [5, 5.41) is 2.60. The van der Waals surface area contributed by atoms with Crippen molar-refractivity contribution in [2.45, 2.75) is 31.5 Å². The summed E-state index contributed by atoms with van der Waals surface area (Å²) in [4.78, 5) is 34.2. The first-order valence-corrected chi connectivity index (χ1v) is 13.5. The van der Waals surface area contributed by atoms with Crippen molar-refractivity contribution in [3.8, 4) is 22.6 Å². The smallest absolute Gasteiger partial charge is 0.417 e. The van der Waals surface area contributed by atoms with Gasteiger partial charge < -0.3 is 20.4 Å². The Bertz CT molecular complexity index is 1670. The van der Waals surface area contributed by atoms with Gasteiger partial charge in [0.05, 0.1) is 23.4 Å². The molecule has 0 radical (unpaired) electrons. The summed E-state index contributed by atoms with van der Waals surface area (Å²) >= 11 is 0. The van der Waals surface area contributed by atoms with Crippen LogP contribution in [0.1, 0.15) is 40.1 Å². The van der Waals surface area contributed by atoms with E-state index in [1.165, 1.54) is 65.8 Å². The number of aromatic nitrogens is 2. The van der Waals surface area contributed by atoms with E-state index in [-0.39, 0.29) is 53.5 Å². The summed E-state index contributed by atoms with van der Waals surface area (Å²) in [6.07, 6.45) is -0.0564. The SMILES string of the molecule is Nc1ccc(/C=C/C(=O)NCc2ccc(-c3ccc(-c4ccc(C(=O)N5CCC(F)(F)CC5)cn4)cc3C(F)(F)F)o2)cn1. The van der Waals surface area contributed by atoms with E-state index in [2.05, 4.69) is 15.3 Å². The molecule has 1 saturated heterocycles. The molecule has 5 rings (SSSR count). The molecule has 0 atom stereocenters. The van der Waals surface area contributed by atoms with Gasteiger partial charge in [-0.15, -0.1) is 0 Å². The van der Waals surface area contributed by atoms with Crippen molar-refractivity contribution in [3.05, 3.63) is 95.5 Å². The van der Waals surface area contributed by atoms with Crippen molar-refractivity contribution in [1.29, 1.82) is 0 Å². The van der Waals surface area contributed by atoms with Crippen molar-refractivity contribution in [1.82, 2.24) is 20.2 Å². The Morgan fingerprint density at radius 1 is 1.00 bits per heavy atom. The van der Waals surface area contributed by atoms with E-state index in [0.717, 1.165) is 6.07 Å². The van der Waals surface area contributed by atoms with Crippen LogP contribution < -0.4 is 11.1 Å². The molecule has 4 heterocycles. The summed E-state index contributed by atoms with van der Waals surface area (Å²) in [5.41, 5.74) is 5.51. The van der Waals surface area contributed by atoms with Crippen LogP contribution in [0.25, 0.3) is 28.7 Å². The minimum atomic E-state index is -4.74. The monoisotopic (exact) mass is 611 g/mol. The van der Waals surface area contributed by atoms with Crippen molar-refractivity contribution < 1.29 is 36.0 Å². The molecule has 8 nitrogen and oxygen atoms in total. The number of likely N-dealkylation sites (tertiary alicyclic amines) is 1. The number of nitrogen functional groups attached to an aromatic ring is 1. The van der Waals surface area contributed by atoms with Crippen LogP contribution in [0.15, 0.2) is 77.5 Å². The molecule has 13 heteroatoms. The first kappa shape index (κ1) is 30.4. The Balaban J connectivity index is 1.27. The third-order valence-corrected chi connectivity index (χ3v) is 7.01. The van der Waals surface area contributed by atoms with Crippen LogP contribution in [0.4, 0.5) is 27.8 Å². The summed E-state index contributed by atoms with van der Waals surface area (Å²) in [7, 11) is 0. The number of amides is 2. The van der Waals surface area contributed by atoms with E-state index >= 15 is 0 Å². The van der Waals surface area contributed by atoms with Gasteiger partial charge in [0.2, 0.25) is 5.91 Å². The predicted octanol–water partition coefficient (Wildman–Crippen LogP) is 6.21. The van der Waals surface area contributed by atoms with E-state index in [1.807, 2.05) is 0 Å². The summed E-state index contributed by atoms with van der Waals surface area (Å²) in [6, 6.07) is 12.6. The first-order chi connectivity index (χ1) is 20.9. The predicted molar refractivity (Wildman–Crippen MR) is 152 cm³/mol. The van der Waals surface area contributed by atoms with Gasteiger partial charge >= 0.3 is 6.18 Å². The second-order valence-corrected chi connectivity index (χ2v) is 10.2. The zero-order valence-electron chi connectivity index (χ0n) is 23.1. The number of piperidine rings is 1. The molecule has 0 unspecified atom stereocenters. The number of rotatable bonds is 7. The molecule has 1 aromatic carbocycles. The molecule has 2 amide bonds. The molecule has 1 fully saturated rings. The van der Waals surface area contributed by atoms with Crippen LogP contribution >= 0.6 is 0 Å². The van der Waals surface area contributed by atoms with Gasteiger partial charge in [-0.05, 0) is 60.2 Å². The highest BCUT2D eigenvalue weighted by atomic mass is 19.4. The average molecular weight is 612 g/mol. The van der Waals surface area contributed by atoms with E-state index in [4.69, 9.17) is 10.2 Å². The largest absolute Gasteiger partial charge is 0.459 e. The molecule has 0 saturated carbocycles. The van der Waals surface area contributed by atoms with Crippen LogP contribution in [-0.2, 0) is 17.5 Å². The molecule has 1 aliphatic rings. The lowest BCUT2D eigenvalue weighted by molar-refractivity contribution is -0.137. The molecule has 3 N–H and O–H groups in total. The number of carbonyl (C=O) groups excluding carboxylic acids is 2. The standard InChI is InChI=1S/C31H26F5N5O3/c32-30(33)11-13-41(14-12-30)29(43)21-4-7-25(38-17-21)20-3-6-23(24(15-20)31(34,35)36)26-8-5-22(44-26)18-40-28(42)10-2-19-1-9-27(37)39-16-19/h1-10,15-17H,11-14,18H2,(H2,37,39)(H,40,42)/b10-2+. The topological polar surface area (TPSA) is 114 Å². The second kappa shape index (κ2) is 12.3. The first-order valence-electron chi connectivity index (χ1n) is 13.5. The lowest BCUT2D eigenvalue weighted by Gasteiger charge is -2.31. The summed E-state index contributed by atoms with van der Waals surface area (Å²) in [5.74, 6) is -3.17. The number of alkyl halides is 5. The van der Waals surface area contributed by atoms with E-state index in [0.29, 0.717) is 11.4 Å². The summed E-state index contributed by atoms with van der Waals surface area (Å²) < 4.78 is 74.9. The third kappa shape index (κ3) is 7.28. The highest BCUT2D eigenvalue weighted by molar-refractivity contribution is 5.94. The molecule has 3 aromatic heterocycles. The Morgan fingerprint density at radius 3 is 2.43 bits per heavy atom. The fourth-order valence-corrected chi connectivity index (χ4v) is 4.60. The number of furan rings is 1. The van der Waals surface area contributed by atoms with Crippen molar-refractivity contribution in [3.63, 3.8) is 0 Å². The maximum absolute atomic E-state index is 14.1. The fourth-order valence-electron chi connectivity index (χ4n) is 4.60. The zero-order chi connectivity index (χ0) is 31.5. The molecule has 0 aliphatic carbocycles. The summed E-state index contributed by atoms with van der Waals surface area (Å²) in [6.45, 7) is -0.244. The van der Waals surface area contributed by atoms with Crippen molar-refractivity contribution in [2.75, 3.05) is 18.8 Å². The lowest BCUT2D eigenvalue weighted by atomic mass is 9.99. The van der Waals surface area contributed by atoms with Gasteiger partial charge in [0, 0.05) is 55.5 Å². The number of carbonyl (C=O) groups is 2. The number of pyridine rings is 2. The molecule has 0 spiro atoms. The maximum Gasteiger partial charge on any atom is 0.417 e. The van der Waals surface area contributed by atoms with Crippen LogP contribution in [0, 0.1) is 0 Å². The van der Waals surface area contributed by atoms with Crippen LogP contribution in [-0.4, -0.2) is 45.7 Å². The number of nitrogens with two attached hydrogens (primary N) is 1. The molecular formula is C31H26F5N5O3. The number of hydrogen-bond donors (Lipinski definition) is 2. The molecule has 44 heavy (non-hydrogen) atoms. The van der Waals surface area contributed by atoms with E-state index < -0.39 is 42.3 Å². The van der Waals surface area contributed by atoms with Gasteiger partial charge in [-0.3, -0.25) is 14.6 Å². The molecular weight excluding hydrogens is 585 g/mol. The number of benzene rings is 1. The minimum absolute atomic E-state index is 0.0439. The highest BCUT2D eigenvalue weighted by Crippen LogP contribution is 2.40. The molecule has 0 bridgehead atoms. The maximum atomic E-state index is 14.1. The number of nitrogens with zero attached hydrogens (tertiary/aromatic N) is 3. The van der Waals surface area contributed by atoms with Crippen LogP contribution in [0.3, 0.4) is 0 Å². The van der Waals surface area contributed by atoms with Crippen LogP contribution in [0.2, 0.25) is 0 Å². The highest BCUT2D eigenvalue weighted by Gasteiger charge is 2.36. The number of hydrogen-bond acceptors (Lipinski definition) is 6. The zero-order valence-corrected chi connectivity index (χ0v) is 23.1. The normalized spacial score (nSPS) is 15.0. The van der Waals surface area contributed by atoms with E-state index in [9.17, 15) is 31.5 Å². The third-order valence-electron chi connectivity index (χ3n) is 7.01. The number of anilines is 1. The molecule has 228 valence electrons. The van der Waals surface area contributed by atoms with Gasteiger partial charge in [0.25, 0.3) is 11.8 Å². The quantitative estimate of drug-likeness (QED) is 0.190. The molecule has 1 aliphatic heterocycles. The number of nitrogens with one attached hydrogen (secondary N) is 1. The Kier molecular flexibility index (Phi) is 8.47. The molecule has 4 aromatic rings. The minimum Gasteiger partial charge on any atom is -0.459 e. The second-order valence-electron chi connectivity index (χ2n) is 10.2. The Morgan fingerprint density at radius 2 is 1.77 bits per heavy atom. The Hall–Kier alpha value is -5.07. The van der Waals surface area contributed by atoms with Gasteiger partial charge in [0.15, 0.2) is 0 Å².